The third-order valence-electron chi connectivity index (χ3n) is 5.90. The number of urea groups is 1. The molecule has 0 unspecified atom stereocenters. The Labute approximate surface area is 208 Å². The fourth-order valence-corrected chi connectivity index (χ4v) is 4.84. The smallest absolute Gasteiger partial charge is 0.335 e. The van der Waals surface area contributed by atoms with Crippen LogP contribution in [0.25, 0.3) is 10.8 Å². The van der Waals surface area contributed by atoms with Crippen LogP contribution in [0.2, 0.25) is 0 Å². The number of nitrogens with one attached hydrogen (secondary N) is 2. The van der Waals surface area contributed by atoms with Crippen LogP contribution in [0.4, 0.5) is 4.79 Å². The van der Waals surface area contributed by atoms with Gasteiger partial charge in [-0.05, 0) is 69.7 Å². The van der Waals surface area contributed by atoms with Gasteiger partial charge in [-0.1, -0.05) is 61.7 Å². The van der Waals surface area contributed by atoms with Gasteiger partial charge in [0.15, 0.2) is 11.5 Å². The molecule has 3 aromatic carbocycles. The van der Waals surface area contributed by atoms with Crippen LogP contribution in [0, 0.1) is 0 Å². The molecule has 6 nitrogen and oxygen atoms in total. The molecule has 0 bridgehead atoms. The molecule has 0 aliphatic heterocycles. The maximum atomic E-state index is 12.1. The van der Waals surface area contributed by atoms with Crippen molar-refractivity contribution < 1.29 is 14.3 Å². The second-order valence-electron chi connectivity index (χ2n) is 8.37. The average molecular weight is 524 g/mol. The summed E-state index contributed by atoms with van der Waals surface area (Å²) in [4.78, 5) is 12.1. The van der Waals surface area contributed by atoms with Gasteiger partial charge < -0.3 is 14.8 Å². The SMILES string of the molecule is CCOc1cc(/C=N\NC(=O)NC2CCCCC2)cc(Br)c1OCc1cccc2ccccc12. The van der Waals surface area contributed by atoms with Crippen LogP contribution >= 0.6 is 15.9 Å². The molecule has 1 aliphatic carbocycles. The molecule has 4 rings (SSSR count). The molecule has 2 N–H and O–H groups in total. The summed E-state index contributed by atoms with van der Waals surface area (Å²) in [6, 6.07) is 18.2. The Morgan fingerprint density at radius 2 is 1.88 bits per heavy atom. The molecule has 0 radical (unpaired) electrons. The fraction of sp³-hybridized carbons (Fsp3) is 0.333. The van der Waals surface area contributed by atoms with Crippen molar-refractivity contribution in [3.63, 3.8) is 0 Å². The summed E-state index contributed by atoms with van der Waals surface area (Å²) >= 11 is 3.61. The van der Waals surface area contributed by atoms with E-state index in [0.29, 0.717) is 24.7 Å². The van der Waals surface area contributed by atoms with Gasteiger partial charge >= 0.3 is 6.03 Å². The molecule has 1 saturated carbocycles. The molecule has 178 valence electrons. The van der Waals surface area contributed by atoms with E-state index in [9.17, 15) is 4.79 Å². The minimum absolute atomic E-state index is 0.237. The lowest BCUT2D eigenvalue weighted by molar-refractivity contribution is 0.233. The summed E-state index contributed by atoms with van der Waals surface area (Å²) in [7, 11) is 0. The van der Waals surface area contributed by atoms with Crippen molar-refractivity contribution in [2.75, 3.05) is 6.61 Å². The number of carbonyl (C=O) groups is 1. The Balaban J connectivity index is 1.43. The first-order valence-electron chi connectivity index (χ1n) is 11.8. The van der Waals surface area contributed by atoms with Gasteiger partial charge in [-0.15, -0.1) is 0 Å². The maximum absolute atomic E-state index is 12.1. The van der Waals surface area contributed by atoms with E-state index >= 15 is 0 Å². The maximum Gasteiger partial charge on any atom is 0.335 e. The summed E-state index contributed by atoms with van der Waals surface area (Å²) in [5, 5.41) is 9.43. The van der Waals surface area contributed by atoms with Crippen molar-refractivity contribution in [3.05, 3.63) is 70.2 Å². The minimum atomic E-state index is -0.276. The zero-order valence-electron chi connectivity index (χ0n) is 19.4. The van der Waals surface area contributed by atoms with Gasteiger partial charge in [0.2, 0.25) is 0 Å². The molecule has 0 saturated heterocycles. The van der Waals surface area contributed by atoms with E-state index in [-0.39, 0.29) is 12.1 Å². The van der Waals surface area contributed by atoms with Crippen molar-refractivity contribution >= 4 is 38.9 Å². The van der Waals surface area contributed by atoms with Gasteiger partial charge in [-0.3, -0.25) is 0 Å². The first-order chi connectivity index (χ1) is 16.6. The lowest BCUT2D eigenvalue weighted by atomic mass is 9.96. The number of amides is 2. The number of ether oxygens (including phenoxy) is 2. The van der Waals surface area contributed by atoms with E-state index < -0.39 is 0 Å². The summed E-state index contributed by atoms with van der Waals surface area (Å²) in [5.74, 6) is 1.25. The van der Waals surface area contributed by atoms with Gasteiger partial charge in [0.1, 0.15) is 6.61 Å². The Kier molecular flexibility index (Phi) is 8.41. The minimum Gasteiger partial charge on any atom is -0.490 e. The molecule has 34 heavy (non-hydrogen) atoms. The first-order valence-corrected chi connectivity index (χ1v) is 12.6. The normalized spacial score (nSPS) is 14.3. The van der Waals surface area contributed by atoms with Crippen LogP contribution in [0.15, 0.2) is 64.2 Å². The zero-order valence-corrected chi connectivity index (χ0v) is 20.9. The molecular formula is C27H30BrN3O3. The second-order valence-corrected chi connectivity index (χ2v) is 9.22. The number of nitrogens with zero attached hydrogens (tertiary/aromatic N) is 1. The van der Waals surface area contributed by atoms with Crippen molar-refractivity contribution in [2.45, 2.75) is 51.7 Å². The van der Waals surface area contributed by atoms with E-state index in [2.05, 4.69) is 56.0 Å². The van der Waals surface area contributed by atoms with E-state index in [1.54, 1.807) is 6.21 Å². The summed E-state index contributed by atoms with van der Waals surface area (Å²) < 4.78 is 12.8. The number of rotatable bonds is 8. The number of hydrogen-bond donors (Lipinski definition) is 2. The molecule has 0 heterocycles. The lowest BCUT2D eigenvalue weighted by Crippen LogP contribution is -2.41. The Hall–Kier alpha value is -3.06. The van der Waals surface area contributed by atoms with Crippen molar-refractivity contribution in [1.82, 2.24) is 10.7 Å². The average Bonchev–Trinajstić information content (AvgIpc) is 2.84. The zero-order chi connectivity index (χ0) is 23.8. The highest BCUT2D eigenvalue weighted by Crippen LogP contribution is 2.37. The van der Waals surface area contributed by atoms with Gasteiger partial charge in [-0.2, -0.15) is 5.10 Å². The van der Waals surface area contributed by atoms with E-state index in [1.807, 2.05) is 37.3 Å². The van der Waals surface area contributed by atoms with Crippen molar-refractivity contribution in [3.8, 4) is 11.5 Å². The monoisotopic (exact) mass is 523 g/mol. The highest BCUT2D eigenvalue weighted by atomic mass is 79.9. The number of fused-ring (bicyclic) bond motifs is 1. The van der Waals surface area contributed by atoms with Gasteiger partial charge in [0.05, 0.1) is 17.3 Å². The lowest BCUT2D eigenvalue weighted by Gasteiger charge is -2.22. The fourth-order valence-electron chi connectivity index (χ4n) is 4.26. The van der Waals surface area contributed by atoms with E-state index in [1.165, 1.54) is 17.2 Å². The highest BCUT2D eigenvalue weighted by molar-refractivity contribution is 9.10. The van der Waals surface area contributed by atoms with Gasteiger partial charge in [-0.25, -0.2) is 10.2 Å². The third-order valence-corrected chi connectivity index (χ3v) is 6.49. The summed E-state index contributed by atoms with van der Waals surface area (Å²) in [6.45, 7) is 2.84. The number of halogens is 1. The van der Waals surface area contributed by atoms with Crippen LogP contribution in [-0.4, -0.2) is 24.9 Å². The molecule has 0 spiro atoms. The van der Waals surface area contributed by atoms with Crippen LogP contribution in [-0.2, 0) is 6.61 Å². The Morgan fingerprint density at radius 1 is 1.09 bits per heavy atom. The Morgan fingerprint density at radius 3 is 2.71 bits per heavy atom. The van der Waals surface area contributed by atoms with Crippen LogP contribution in [0.3, 0.4) is 0 Å². The standard InChI is InChI=1S/C27H30BrN3O3/c1-2-33-25-16-19(17-29-31-27(32)30-22-12-4-3-5-13-22)15-24(28)26(25)34-18-21-11-8-10-20-9-6-7-14-23(20)21/h6-11,14-17,22H,2-5,12-13,18H2,1H3,(H2,30,31,32)/b29-17-. The number of hydrazone groups is 1. The second kappa shape index (κ2) is 11.9. The quantitative estimate of drug-likeness (QED) is 0.260. The van der Waals surface area contributed by atoms with Gasteiger partial charge in [0, 0.05) is 6.04 Å². The molecule has 0 atom stereocenters. The molecule has 0 aromatic heterocycles. The Bertz CT molecular complexity index is 1150. The molecule has 1 aliphatic rings. The molecule has 1 fully saturated rings. The number of carbonyl (C=O) groups excluding carboxylic acids is 1. The van der Waals surface area contributed by atoms with Crippen LogP contribution in [0.5, 0.6) is 11.5 Å². The van der Waals surface area contributed by atoms with E-state index in [4.69, 9.17) is 9.47 Å². The molecule has 2 amide bonds. The van der Waals surface area contributed by atoms with E-state index in [0.717, 1.165) is 41.3 Å². The van der Waals surface area contributed by atoms with Gasteiger partial charge in [0.25, 0.3) is 0 Å². The van der Waals surface area contributed by atoms with Crippen molar-refractivity contribution in [2.24, 2.45) is 5.10 Å². The highest BCUT2D eigenvalue weighted by Gasteiger charge is 2.15. The summed E-state index contributed by atoms with van der Waals surface area (Å²) in [6.07, 6.45) is 7.23. The topological polar surface area (TPSA) is 72.0 Å². The largest absolute Gasteiger partial charge is 0.490 e. The molecular weight excluding hydrogens is 494 g/mol. The number of benzene rings is 3. The number of hydrogen-bond acceptors (Lipinski definition) is 4. The van der Waals surface area contributed by atoms with Crippen LogP contribution < -0.4 is 20.2 Å². The first kappa shape index (κ1) is 24.1. The van der Waals surface area contributed by atoms with Crippen molar-refractivity contribution in [1.29, 1.82) is 0 Å². The van der Waals surface area contributed by atoms with Crippen LogP contribution in [0.1, 0.15) is 50.2 Å². The summed E-state index contributed by atoms with van der Waals surface area (Å²) in [5.41, 5.74) is 4.45. The third kappa shape index (κ3) is 6.29. The predicted octanol–water partition coefficient (Wildman–Crippen LogP) is 6.55. The molecule has 3 aromatic rings. The molecule has 7 heteroatoms. The predicted molar refractivity (Wildman–Crippen MR) is 140 cm³/mol.